The molecule has 0 radical (unpaired) electrons. The van der Waals surface area contributed by atoms with Gasteiger partial charge in [-0.15, -0.1) is 0 Å². The molecule has 8 aromatic rings. The molecule has 2 aliphatic carbocycles. The van der Waals surface area contributed by atoms with Crippen LogP contribution in [0.5, 0.6) is 0 Å². The van der Waals surface area contributed by atoms with E-state index in [4.69, 9.17) is 15.0 Å². The van der Waals surface area contributed by atoms with Gasteiger partial charge in [0.05, 0.1) is 0 Å². The Morgan fingerprint density at radius 2 is 1.07 bits per heavy atom. The molecular weight excluding hydrogens is 690 g/mol. The van der Waals surface area contributed by atoms with Crippen LogP contribution in [0, 0.1) is 11.8 Å². The van der Waals surface area contributed by atoms with Gasteiger partial charge in [-0.25, -0.2) is 15.0 Å². The highest BCUT2D eigenvalue weighted by molar-refractivity contribution is 7.70. The lowest BCUT2D eigenvalue weighted by Crippen LogP contribution is -2.34. The highest BCUT2D eigenvalue weighted by Gasteiger charge is 2.52. The Kier molecular flexibility index (Phi) is 8.15. The Morgan fingerprint density at radius 1 is 0.527 bits per heavy atom. The van der Waals surface area contributed by atoms with Crippen LogP contribution in [0.2, 0.25) is 0 Å². The first-order chi connectivity index (χ1) is 26.8. The van der Waals surface area contributed by atoms with E-state index in [0.29, 0.717) is 23.4 Å². The molecule has 0 aliphatic heterocycles. The fourth-order valence-corrected chi connectivity index (χ4v) is 10.6. The van der Waals surface area contributed by atoms with Crippen molar-refractivity contribution in [3.05, 3.63) is 169 Å². The van der Waals surface area contributed by atoms with E-state index in [0.717, 1.165) is 60.6 Å². The largest absolute Gasteiger partial charge is 0.319 e. The van der Waals surface area contributed by atoms with Gasteiger partial charge < -0.3 is 4.57 Å². The number of rotatable bonds is 7. The minimum atomic E-state index is -2.35. The van der Waals surface area contributed by atoms with Crippen molar-refractivity contribution in [3.8, 4) is 45.3 Å². The molecule has 1 aromatic heterocycles. The van der Waals surface area contributed by atoms with Crippen molar-refractivity contribution in [1.29, 1.82) is 0 Å². The number of benzene rings is 7. The third kappa shape index (κ3) is 5.92. The van der Waals surface area contributed by atoms with Crippen molar-refractivity contribution in [2.45, 2.75) is 31.1 Å². The SMILES string of the molecule is CP(C)(=O)c1cccc(-c2ccc(C3(c4ccc(-c5nc(-c6ccccc6)nc(-c6c7ccccc7cc7ccccc67)n5)cc4)CC4CCC3C4)cc2)c1. The van der Waals surface area contributed by atoms with Crippen LogP contribution in [-0.4, -0.2) is 28.3 Å². The maximum atomic E-state index is 12.9. The molecule has 0 saturated heterocycles. The summed E-state index contributed by atoms with van der Waals surface area (Å²) in [6.07, 6.45) is 5.03. The zero-order valence-corrected chi connectivity index (χ0v) is 32.1. The molecular formula is C50H42N3OP. The number of nitrogens with zero attached hydrogens (tertiary/aromatic N) is 3. The highest BCUT2D eigenvalue weighted by atomic mass is 31.2. The molecule has 3 unspecified atom stereocenters. The molecule has 0 N–H and O–H groups in total. The monoisotopic (exact) mass is 731 g/mol. The van der Waals surface area contributed by atoms with Gasteiger partial charge in [0.1, 0.15) is 7.14 Å². The molecule has 55 heavy (non-hydrogen) atoms. The van der Waals surface area contributed by atoms with Gasteiger partial charge in [-0.1, -0.05) is 152 Å². The van der Waals surface area contributed by atoms with Crippen LogP contribution in [0.3, 0.4) is 0 Å². The summed E-state index contributed by atoms with van der Waals surface area (Å²) < 4.78 is 12.9. The smallest absolute Gasteiger partial charge is 0.165 e. The minimum Gasteiger partial charge on any atom is -0.319 e. The summed E-state index contributed by atoms with van der Waals surface area (Å²) in [6.45, 7) is 3.68. The first kappa shape index (κ1) is 33.8. The van der Waals surface area contributed by atoms with E-state index in [9.17, 15) is 4.57 Å². The predicted molar refractivity (Wildman–Crippen MR) is 228 cm³/mol. The van der Waals surface area contributed by atoms with E-state index in [1.54, 1.807) is 0 Å². The normalized spacial score (nSPS) is 19.3. The zero-order chi connectivity index (χ0) is 37.1. The summed E-state index contributed by atoms with van der Waals surface area (Å²) in [4.78, 5) is 15.5. The van der Waals surface area contributed by atoms with E-state index >= 15 is 0 Å². The van der Waals surface area contributed by atoms with Gasteiger partial charge in [0.25, 0.3) is 0 Å². The van der Waals surface area contributed by atoms with Crippen LogP contribution < -0.4 is 5.30 Å². The molecule has 2 fully saturated rings. The fraction of sp³-hybridized carbons (Fsp3) is 0.180. The maximum absolute atomic E-state index is 12.9. The van der Waals surface area contributed by atoms with E-state index in [1.807, 2.05) is 43.7 Å². The summed E-state index contributed by atoms with van der Waals surface area (Å²) >= 11 is 0. The number of aromatic nitrogens is 3. The summed E-state index contributed by atoms with van der Waals surface area (Å²) in [5.74, 6) is 3.37. The second-order valence-electron chi connectivity index (χ2n) is 16.0. The van der Waals surface area contributed by atoms with E-state index in [-0.39, 0.29) is 5.41 Å². The number of hydrogen-bond acceptors (Lipinski definition) is 4. The average molecular weight is 732 g/mol. The average Bonchev–Trinajstić information content (AvgIpc) is 3.86. The highest BCUT2D eigenvalue weighted by Crippen LogP contribution is 2.60. The number of hydrogen-bond donors (Lipinski definition) is 0. The number of fused-ring (bicyclic) bond motifs is 4. The lowest BCUT2D eigenvalue weighted by molar-refractivity contribution is 0.320. The molecule has 2 saturated carbocycles. The van der Waals surface area contributed by atoms with Crippen molar-refractivity contribution >= 4 is 34.0 Å². The topological polar surface area (TPSA) is 55.7 Å². The molecule has 0 spiro atoms. The Balaban J connectivity index is 1.07. The van der Waals surface area contributed by atoms with Gasteiger partial charge >= 0.3 is 0 Å². The lowest BCUT2D eigenvalue weighted by atomic mass is 9.64. The molecule has 10 rings (SSSR count). The molecule has 0 amide bonds. The van der Waals surface area contributed by atoms with Crippen LogP contribution in [-0.2, 0) is 9.98 Å². The van der Waals surface area contributed by atoms with Gasteiger partial charge in [0.15, 0.2) is 17.5 Å². The zero-order valence-electron chi connectivity index (χ0n) is 31.2. The standard InChI is InChI=1S/C50H42N3OP/c1-55(2,54)43-16-10-15-37(31-43)34-20-25-40(26-21-34)50(32-33-19-24-42(50)29-33)41-27-22-36(23-28-41)48-51-47(35-11-4-3-5-12-35)52-49(53-48)46-44-17-8-6-13-38(44)30-39-14-7-9-18-45(39)46/h3-18,20-23,25-28,30-31,33,42H,19,24,29,32H2,1-2H3. The quantitative estimate of drug-likeness (QED) is 0.121. The van der Waals surface area contributed by atoms with E-state index < -0.39 is 7.14 Å². The van der Waals surface area contributed by atoms with Crippen LogP contribution in [0.25, 0.3) is 66.8 Å². The van der Waals surface area contributed by atoms with Crippen LogP contribution >= 0.6 is 7.14 Å². The molecule has 2 bridgehead atoms. The predicted octanol–water partition coefficient (Wildman–Crippen LogP) is 12.2. The molecule has 1 heterocycles. The third-order valence-corrected chi connectivity index (χ3v) is 13.9. The Hall–Kier alpha value is -5.70. The fourth-order valence-electron chi connectivity index (χ4n) is 9.69. The van der Waals surface area contributed by atoms with Crippen molar-refractivity contribution in [2.75, 3.05) is 13.3 Å². The first-order valence-electron chi connectivity index (χ1n) is 19.4. The maximum Gasteiger partial charge on any atom is 0.165 e. The van der Waals surface area contributed by atoms with Gasteiger partial charge in [0, 0.05) is 27.4 Å². The first-order valence-corrected chi connectivity index (χ1v) is 22.0. The Bertz CT molecular complexity index is 2720. The summed E-state index contributed by atoms with van der Waals surface area (Å²) in [5, 5.41) is 5.50. The van der Waals surface area contributed by atoms with Crippen molar-refractivity contribution in [1.82, 2.24) is 15.0 Å². The second-order valence-corrected chi connectivity index (χ2v) is 19.2. The Labute approximate surface area is 322 Å². The molecule has 268 valence electrons. The molecule has 7 aromatic carbocycles. The lowest BCUT2D eigenvalue weighted by Gasteiger charge is -2.39. The molecule has 3 atom stereocenters. The molecule has 4 nitrogen and oxygen atoms in total. The van der Waals surface area contributed by atoms with E-state index in [2.05, 4.69) is 127 Å². The minimum absolute atomic E-state index is 0.0360. The van der Waals surface area contributed by atoms with Crippen molar-refractivity contribution < 1.29 is 4.57 Å². The van der Waals surface area contributed by atoms with Crippen LogP contribution in [0.4, 0.5) is 0 Å². The van der Waals surface area contributed by atoms with Gasteiger partial charge in [0.2, 0.25) is 0 Å². The second kappa shape index (κ2) is 13.3. The van der Waals surface area contributed by atoms with Crippen molar-refractivity contribution in [2.24, 2.45) is 11.8 Å². The summed E-state index contributed by atoms with van der Waals surface area (Å²) in [5.41, 5.74) is 7.96. The third-order valence-electron chi connectivity index (χ3n) is 12.4. The molecule has 5 heteroatoms. The van der Waals surface area contributed by atoms with Gasteiger partial charge in [-0.05, 0) is 100 Å². The van der Waals surface area contributed by atoms with Gasteiger partial charge in [-0.2, -0.15) is 0 Å². The van der Waals surface area contributed by atoms with Crippen LogP contribution in [0.1, 0.15) is 36.8 Å². The van der Waals surface area contributed by atoms with Gasteiger partial charge in [-0.3, -0.25) is 0 Å². The summed E-state index contributed by atoms with van der Waals surface area (Å²) in [6, 6.07) is 56.1. The van der Waals surface area contributed by atoms with Crippen LogP contribution in [0.15, 0.2) is 158 Å². The molecule has 2 aliphatic rings. The Morgan fingerprint density at radius 3 is 1.65 bits per heavy atom. The van der Waals surface area contributed by atoms with E-state index in [1.165, 1.54) is 36.8 Å². The van der Waals surface area contributed by atoms with Crippen molar-refractivity contribution in [3.63, 3.8) is 0 Å². The summed E-state index contributed by atoms with van der Waals surface area (Å²) in [7, 11) is -2.35.